The lowest BCUT2D eigenvalue weighted by molar-refractivity contribution is 0.0766. The van der Waals surface area contributed by atoms with Gasteiger partial charge >= 0.3 is 0 Å². The summed E-state index contributed by atoms with van der Waals surface area (Å²) in [5.74, 6) is 1.38. The molecule has 24 heavy (non-hydrogen) atoms. The third-order valence-electron chi connectivity index (χ3n) is 3.95. The second-order valence-electron chi connectivity index (χ2n) is 5.65. The Kier molecular flexibility index (Phi) is 5.20. The predicted molar refractivity (Wildman–Crippen MR) is 91.5 cm³/mol. The molecule has 1 fully saturated rings. The molecule has 2 aromatic rings. The standard InChI is InChI=1S/C17H19N3O3S/c1-13-5-8-20(9-10-24(13)22)17(21)14-3-2-4-15(11-14)23-16-12-18-6-7-19-16/h2-4,6-7,11-13H,5,8-10H2,1H3. The molecule has 0 N–H and O–H groups in total. The molecule has 1 amide bonds. The summed E-state index contributed by atoms with van der Waals surface area (Å²) in [6.07, 6.45) is 5.38. The predicted octanol–water partition coefficient (Wildman–Crippen LogP) is 2.25. The van der Waals surface area contributed by atoms with Crippen LogP contribution in [-0.2, 0) is 10.8 Å². The van der Waals surface area contributed by atoms with Crippen molar-refractivity contribution in [1.82, 2.24) is 14.9 Å². The maximum atomic E-state index is 12.7. The monoisotopic (exact) mass is 345 g/mol. The van der Waals surface area contributed by atoms with Crippen molar-refractivity contribution in [3.63, 3.8) is 0 Å². The Labute approximate surface area is 143 Å². The van der Waals surface area contributed by atoms with E-state index in [1.807, 2.05) is 6.92 Å². The van der Waals surface area contributed by atoms with Gasteiger partial charge < -0.3 is 9.64 Å². The first-order valence-electron chi connectivity index (χ1n) is 7.84. The van der Waals surface area contributed by atoms with Gasteiger partial charge in [-0.1, -0.05) is 13.0 Å². The van der Waals surface area contributed by atoms with E-state index < -0.39 is 10.8 Å². The third-order valence-corrected chi connectivity index (χ3v) is 5.67. The summed E-state index contributed by atoms with van der Waals surface area (Å²) < 4.78 is 17.5. The molecule has 2 heterocycles. The zero-order valence-corrected chi connectivity index (χ0v) is 14.2. The molecule has 7 heteroatoms. The average Bonchev–Trinajstić information content (AvgIpc) is 2.77. The fraction of sp³-hybridized carbons (Fsp3) is 0.353. The highest BCUT2D eigenvalue weighted by atomic mass is 32.2. The maximum Gasteiger partial charge on any atom is 0.254 e. The molecular weight excluding hydrogens is 326 g/mol. The van der Waals surface area contributed by atoms with Gasteiger partial charge in [0.1, 0.15) is 5.75 Å². The molecule has 3 rings (SSSR count). The van der Waals surface area contributed by atoms with Crippen molar-refractivity contribution >= 4 is 16.7 Å². The fourth-order valence-corrected chi connectivity index (χ4v) is 3.69. The molecule has 1 aromatic heterocycles. The number of aromatic nitrogens is 2. The quantitative estimate of drug-likeness (QED) is 0.853. The summed E-state index contributed by atoms with van der Waals surface area (Å²) in [6, 6.07) is 7.00. The summed E-state index contributed by atoms with van der Waals surface area (Å²) in [6.45, 7) is 3.12. The summed E-state index contributed by atoms with van der Waals surface area (Å²) in [7, 11) is -0.861. The van der Waals surface area contributed by atoms with Crippen LogP contribution in [0.3, 0.4) is 0 Å². The number of amides is 1. The molecule has 2 atom stereocenters. The Morgan fingerprint density at radius 1 is 1.33 bits per heavy atom. The molecule has 1 aliphatic heterocycles. The van der Waals surface area contributed by atoms with E-state index in [1.54, 1.807) is 41.6 Å². The van der Waals surface area contributed by atoms with E-state index in [0.29, 0.717) is 36.0 Å². The number of nitrogens with zero attached hydrogens (tertiary/aromatic N) is 3. The van der Waals surface area contributed by atoms with Crippen LogP contribution in [0.2, 0.25) is 0 Å². The normalized spacial score (nSPS) is 21.1. The number of carbonyl (C=O) groups is 1. The highest BCUT2D eigenvalue weighted by Crippen LogP contribution is 2.21. The van der Waals surface area contributed by atoms with Gasteiger partial charge in [0.25, 0.3) is 5.91 Å². The molecule has 0 aliphatic carbocycles. The highest BCUT2D eigenvalue weighted by molar-refractivity contribution is 7.85. The van der Waals surface area contributed by atoms with Crippen LogP contribution >= 0.6 is 0 Å². The minimum absolute atomic E-state index is 0.0642. The Morgan fingerprint density at radius 3 is 3.00 bits per heavy atom. The van der Waals surface area contributed by atoms with Gasteiger partial charge in [-0.25, -0.2) is 4.98 Å². The average molecular weight is 345 g/mol. The SMILES string of the molecule is CC1CCN(C(=O)c2cccc(Oc3cnccn3)c2)CCS1=O. The molecular formula is C17H19N3O3S. The first-order valence-corrected chi connectivity index (χ1v) is 9.22. The molecule has 1 saturated heterocycles. The van der Waals surface area contributed by atoms with Gasteiger partial charge in [-0.15, -0.1) is 0 Å². The largest absolute Gasteiger partial charge is 0.437 e. The first kappa shape index (κ1) is 16.6. The van der Waals surface area contributed by atoms with Crippen LogP contribution in [0.4, 0.5) is 0 Å². The van der Waals surface area contributed by atoms with E-state index in [0.717, 1.165) is 6.42 Å². The number of hydrogen-bond donors (Lipinski definition) is 0. The first-order chi connectivity index (χ1) is 11.6. The lowest BCUT2D eigenvalue weighted by Crippen LogP contribution is -2.33. The molecule has 2 unspecified atom stereocenters. The van der Waals surface area contributed by atoms with Crippen molar-refractivity contribution < 1.29 is 13.7 Å². The molecule has 0 radical (unpaired) electrons. The van der Waals surface area contributed by atoms with E-state index in [-0.39, 0.29) is 11.2 Å². The van der Waals surface area contributed by atoms with Crippen LogP contribution in [0, 0.1) is 0 Å². The van der Waals surface area contributed by atoms with Crippen molar-refractivity contribution in [2.24, 2.45) is 0 Å². The summed E-state index contributed by atoms with van der Waals surface area (Å²) in [4.78, 5) is 22.5. The van der Waals surface area contributed by atoms with E-state index in [9.17, 15) is 9.00 Å². The molecule has 1 aromatic carbocycles. The van der Waals surface area contributed by atoms with Crippen molar-refractivity contribution in [3.05, 3.63) is 48.4 Å². The van der Waals surface area contributed by atoms with Gasteiger partial charge in [0.05, 0.1) is 6.20 Å². The molecule has 1 aliphatic rings. The van der Waals surface area contributed by atoms with Gasteiger partial charge in [-0.05, 0) is 24.6 Å². The van der Waals surface area contributed by atoms with Crippen LogP contribution in [0.25, 0.3) is 0 Å². The van der Waals surface area contributed by atoms with Gasteiger partial charge in [-0.2, -0.15) is 0 Å². The van der Waals surface area contributed by atoms with E-state index in [4.69, 9.17) is 4.74 Å². The fourth-order valence-electron chi connectivity index (χ4n) is 2.52. The van der Waals surface area contributed by atoms with Gasteiger partial charge in [0, 0.05) is 52.8 Å². The van der Waals surface area contributed by atoms with Crippen molar-refractivity contribution in [1.29, 1.82) is 0 Å². The minimum atomic E-state index is -0.861. The van der Waals surface area contributed by atoms with Crippen LogP contribution in [0.5, 0.6) is 11.6 Å². The van der Waals surface area contributed by atoms with Crippen LogP contribution in [-0.4, -0.2) is 49.1 Å². The zero-order chi connectivity index (χ0) is 16.9. The smallest absolute Gasteiger partial charge is 0.254 e. The molecule has 0 spiro atoms. The summed E-state index contributed by atoms with van der Waals surface area (Å²) in [5, 5.41) is 0.133. The van der Waals surface area contributed by atoms with Gasteiger partial charge in [0.15, 0.2) is 0 Å². The number of ether oxygens (including phenoxy) is 1. The molecule has 0 saturated carbocycles. The number of benzene rings is 1. The van der Waals surface area contributed by atoms with Gasteiger partial charge in [-0.3, -0.25) is 14.0 Å². The number of carbonyl (C=O) groups excluding carboxylic acids is 1. The second kappa shape index (κ2) is 7.53. The zero-order valence-electron chi connectivity index (χ0n) is 13.4. The maximum absolute atomic E-state index is 12.7. The van der Waals surface area contributed by atoms with Crippen LogP contribution < -0.4 is 4.74 Å². The lowest BCUT2D eigenvalue weighted by atomic mass is 10.1. The highest BCUT2D eigenvalue weighted by Gasteiger charge is 2.23. The van der Waals surface area contributed by atoms with E-state index in [1.165, 1.54) is 6.20 Å². The minimum Gasteiger partial charge on any atom is -0.437 e. The Hall–Kier alpha value is -2.28. The summed E-state index contributed by atoms with van der Waals surface area (Å²) >= 11 is 0. The molecule has 126 valence electrons. The number of hydrogen-bond acceptors (Lipinski definition) is 5. The van der Waals surface area contributed by atoms with Crippen molar-refractivity contribution in [2.45, 2.75) is 18.6 Å². The lowest BCUT2D eigenvalue weighted by Gasteiger charge is -2.20. The molecule has 6 nitrogen and oxygen atoms in total. The van der Waals surface area contributed by atoms with Crippen molar-refractivity contribution in [3.8, 4) is 11.6 Å². The van der Waals surface area contributed by atoms with E-state index >= 15 is 0 Å². The van der Waals surface area contributed by atoms with Crippen LogP contribution in [0.15, 0.2) is 42.9 Å². The Balaban J connectivity index is 1.73. The second-order valence-corrected chi connectivity index (χ2v) is 7.62. The van der Waals surface area contributed by atoms with Crippen molar-refractivity contribution in [2.75, 3.05) is 18.8 Å². The third kappa shape index (κ3) is 3.97. The topological polar surface area (TPSA) is 72.4 Å². The molecule has 0 bridgehead atoms. The summed E-state index contributed by atoms with van der Waals surface area (Å²) in [5.41, 5.74) is 0.553. The van der Waals surface area contributed by atoms with Gasteiger partial charge in [0.2, 0.25) is 5.88 Å². The van der Waals surface area contributed by atoms with E-state index in [2.05, 4.69) is 9.97 Å². The Bertz CT molecular complexity index is 739. The Morgan fingerprint density at radius 2 is 2.21 bits per heavy atom. The van der Waals surface area contributed by atoms with Crippen LogP contribution in [0.1, 0.15) is 23.7 Å². The number of rotatable bonds is 3.